The van der Waals surface area contributed by atoms with Crippen molar-refractivity contribution in [1.29, 1.82) is 0 Å². The Morgan fingerprint density at radius 2 is 2.17 bits per heavy atom. The van der Waals surface area contributed by atoms with E-state index >= 15 is 0 Å². The van der Waals surface area contributed by atoms with Crippen molar-refractivity contribution >= 4 is 27.7 Å². The molecule has 2 rings (SSSR count). The number of amides is 2. The Labute approximate surface area is 113 Å². The van der Waals surface area contributed by atoms with Crippen LogP contribution in [-0.4, -0.2) is 29.3 Å². The van der Waals surface area contributed by atoms with Crippen LogP contribution in [0.4, 0.5) is 0 Å². The Morgan fingerprint density at radius 3 is 2.72 bits per heavy atom. The van der Waals surface area contributed by atoms with Gasteiger partial charge in [-0.15, -0.1) is 0 Å². The summed E-state index contributed by atoms with van der Waals surface area (Å²) < 4.78 is 5.77. The fourth-order valence-electron chi connectivity index (χ4n) is 2.19. The number of primary amides is 1. The molecule has 18 heavy (non-hydrogen) atoms. The Morgan fingerprint density at radius 1 is 1.44 bits per heavy atom. The molecule has 2 N–H and O–H groups in total. The minimum absolute atomic E-state index is 0.0944. The second-order valence-corrected chi connectivity index (χ2v) is 5.37. The first-order chi connectivity index (χ1) is 8.49. The largest absolute Gasteiger partial charge is 0.444 e. The van der Waals surface area contributed by atoms with E-state index in [1.807, 2.05) is 6.92 Å². The zero-order chi connectivity index (χ0) is 13.3. The van der Waals surface area contributed by atoms with Crippen LogP contribution >= 0.6 is 15.9 Å². The number of furan rings is 1. The monoisotopic (exact) mass is 314 g/mol. The molecular weight excluding hydrogens is 300 g/mol. The van der Waals surface area contributed by atoms with Crippen molar-refractivity contribution in [2.45, 2.75) is 25.8 Å². The molecule has 98 valence electrons. The highest BCUT2D eigenvalue weighted by atomic mass is 79.9. The lowest BCUT2D eigenvalue weighted by molar-refractivity contribution is -0.123. The van der Waals surface area contributed by atoms with Gasteiger partial charge in [-0.1, -0.05) is 0 Å². The summed E-state index contributed by atoms with van der Waals surface area (Å²) in [5.74, 6) is -0.526. The number of nitrogens with two attached hydrogens (primary N) is 1. The summed E-state index contributed by atoms with van der Waals surface area (Å²) in [5, 5.41) is 0. The van der Waals surface area contributed by atoms with Gasteiger partial charge in [0.1, 0.15) is 0 Å². The summed E-state index contributed by atoms with van der Waals surface area (Å²) in [6, 6.07) is 3.39. The van der Waals surface area contributed by atoms with Crippen LogP contribution in [0.3, 0.4) is 0 Å². The van der Waals surface area contributed by atoms with Crippen LogP contribution in [0.1, 0.15) is 30.3 Å². The van der Waals surface area contributed by atoms with E-state index in [4.69, 9.17) is 10.2 Å². The maximum atomic E-state index is 12.3. The topological polar surface area (TPSA) is 76.5 Å². The molecule has 1 aromatic heterocycles. The molecule has 0 unspecified atom stereocenters. The lowest BCUT2D eigenvalue weighted by Crippen LogP contribution is -2.48. The minimum atomic E-state index is -0.347. The average Bonchev–Trinajstić information content (AvgIpc) is 2.75. The molecule has 1 aliphatic rings. The lowest BCUT2D eigenvalue weighted by Gasteiger charge is -2.36. The van der Waals surface area contributed by atoms with Gasteiger partial charge in [0.15, 0.2) is 10.4 Å². The third kappa shape index (κ3) is 2.58. The highest BCUT2D eigenvalue weighted by Gasteiger charge is 2.33. The van der Waals surface area contributed by atoms with Gasteiger partial charge < -0.3 is 15.1 Å². The number of rotatable bonds is 2. The number of piperidine rings is 1. The van der Waals surface area contributed by atoms with Gasteiger partial charge >= 0.3 is 0 Å². The van der Waals surface area contributed by atoms with E-state index in [0.717, 1.165) is 12.8 Å². The average molecular weight is 315 g/mol. The molecule has 0 saturated carbocycles. The van der Waals surface area contributed by atoms with Crippen molar-refractivity contribution in [2.75, 3.05) is 6.54 Å². The molecule has 1 saturated heterocycles. The Balaban J connectivity index is 2.15. The third-order valence-corrected chi connectivity index (χ3v) is 3.76. The fourth-order valence-corrected chi connectivity index (χ4v) is 2.50. The van der Waals surface area contributed by atoms with Gasteiger partial charge in [-0.05, 0) is 47.8 Å². The van der Waals surface area contributed by atoms with Crippen LogP contribution in [0.15, 0.2) is 21.2 Å². The molecule has 5 nitrogen and oxygen atoms in total. The summed E-state index contributed by atoms with van der Waals surface area (Å²) in [7, 11) is 0. The molecule has 0 aromatic carbocycles. The molecule has 6 heteroatoms. The van der Waals surface area contributed by atoms with E-state index < -0.39 is 0 Å². The normalized spacial score (nSPS) is 24.0. The molecule has 1 aliphatic heterocycles. The zero-order valence-electron chi connectivity index (χ0n) is 10.1. The minimum Gasteiger partial charge on any atom is -0.444 e. The van der Waals surface area contributed by atoms with Gasteiger partial charge in [-0.25, -0.2) is 0 Å². The molecule has 0 aliphatic carbocycles. The van der Waals surface area contributed by atoms with Crippen LogP contribution in [-0.2, 0) is 4.79 Å². The number of carbonyl (C=O) groups excluding carboxylic acids is 2. The summed E-state index contributed by atoms with van der Waals surface area (Å²) in [6.07, 6.45) is 1.52. The van der Waals surface area contributed by atoms with E-state index in [1.165, 1.54) is 0 Å². The predicted octanol–water partition coefficient (Wildman–Crippen LogP) is 1.77. The Bertz CT molecular complexity index is 472. The maximum Gasteiger partial charge on any atom is 0.289 e. The van der Waals surface area contributed by atoms with Gasteiger partial charge in [-0.2, -0.15) is 0 Å². The molecule has 1 fully saturated rings. The van der Waals surface area contributed by atoms with Crippen molar-refractivity contribution in [1.82, 2.24) is 4.90 Å². The van der Waals surface area contributed by atoms with E-state index in [9.17, 15) is 9.59 Å². The van der Waals surface area contributed by atoms with Crippen LogP contribution < -0.4 is 5.73 Å². The molecule has 0 radical (unpaired) electrons. The molecule has 1 aromatic rings. The lowest BCUT2D eigenvalue weighted by atomic mass is 9.93. The fraction of sp³-hybridized carbons (Fsp3) is 0.500. The molecule has 0 bridgehead atoms. The van der Waals surface area contributed by atoms with Crippen LogP contribution in [0, 0.1) is 5.92 Å². The highest BCUT2D eigenvalue weighted by molar-refractivity contribution is 9.10. The second kappa shape index (κ2) is 5.14. The smallest absolute Gasteiger partial charge is 0.289 e. The first kappa shape index (κ1) is 13.1. The number of hydrogen-bond acceptors (Lipinski definition) is 3. The number of halogens is 1. The van der Waals surface area contributed by atoms with E-state index in [-0.39, 0.29) is 29.5 Å². The molecule has 2 atom stereocenters. The first-order valence-electron chi connectivity index (χ1n) is 5.84. The number of likely N-dealkylation sites (tertiary alicyclic amines) is 1. The predicted molar refractivity (Wildman–Crippen MR) is 68.8 cm³/mol. The van der Waals surface area contributed by atoms with Crippen molar-refractivity contribution < 1.29 is 14.0 Å². The highest BCUT2D eigenvalue weighted by Crippen LogP contribution is 2.24. The number of carbonyl (C=O) groups is 2. The summed E-state index contributed by atoms with van der Waals surface area (Å²) >= 11 is 3.16. The van der Waals surface area contributed by atoms with Gasteiger partial charge in [0, 0.05) is 12.6 Å². The molecule has 2 amide bonds. The van der Waals surface area contributed by atoms with Crippen LogP contribution in [0.2, 0.25) is 0 Å². The molecule has 2 heterocycles. The van der Waals surface area contributed by atoms with Gasteiger partial charge in [-0.3, -0.25) is 9.59 Å². The van der Waals surface area contributed by atoms with Gasteiger partial charge in [0.2, 0.25) is 5.91 Å². The summed E-state index contributed by atoms with van der Waals surface area (Å²) in [6.45, 7) is 2.33. The SMILES string of the molecule is C[C@H]1CC[C@H](C(N)=O)CN1C(=O)c1ccc(Br)o1. The summed E-state index contributed by atoms with van der Waals surface area (Å²) in [4.78, 5) is 25.1. The Kier molecular flexibility index (Phi) is 3.75. The molecule has 0 spiro atoms. The van der Waals surface area contributed by atoms with Crippen molar-refractivity contribution in [3.8, 4) is 0 Å². The van der Waals surface area contributed by atoms with Crippen molar-refractivity contribution in [3.05, 3.63) is 22.6 Å². The van der Waals surface area contributed by atoms with Crippen molar-refractivity contribution in [2.24, 2.45) is 11.7 Å². The van der Waals surface area contributed by atoms with Gasteiger partial charge in [0.25, 0.3) is 5.91 Å². The third-order valence-electron chi connectivity index (χ3n) is 3.33. The first-order valence-corrected chi connectivity index (χ1v) is 6.64. The maximum absolute atomic E-state index is 12.3. The summed E-state index contributed by atoms with van der Waals surface area (Å²) in [5.41, 5.74) is 5.31. The Hall–Kier alpha value is -1.30. The van der Waals surface area contributed by atoms with E-state index in [1.54, 1.807) is 17.0 Å². The second-order valence-electron chi connectivity index (χ2n) is 4.59. The molecular formula is C12H15BrN2O3. The van der Waals surface area contributed by atoms with Crippen molar-refractivity contribution in [3.63, 3.8) is 0 Å². The standard InChI is InChI=1S/C12H15BrN2O3/c1-7-2-3-8(11(14)16)6-15(7)12(17)9-4-5-10(13)18-9/h4-5,7-8H,2-3,6H2,1H3,(H2,14,16)/t7-,8-/m0/s1. The number of hydrogen-bond donors (Lipinski definition) is 1. The van der Waals surface area contributed by atoms with Crippen LogP contribution in [0.5, 0.6) is 0 Å². The van der Waals surface area contributed by atoms with Crippen LogP contribution in [0.25, 0.3) is 0 Å². The van der Waals surface area contributed by atoms with E-state index in [0.29, 0.717) is 11.2 Å². The zero-order valence-corrected chi connectivity index (χ0v) is 11.6. The van der Waals surface area contributed by atoms with E-state index in [2.05, 4.69) is 15.9 Å². The van der Waals surface area contributed by atoms with Gasteiger partial charge in [0.05, 0.1) is 5.92 Å². The number of nitrogens with zero attached hydrogens (tertiary/aromatic N) is 1. The quantitative estimate of drug-likeness (QED) is 0.903.